The lowest BCUT2D eigenvalue weighted by Gasteiger charge is -2.06. The van der Waals surface area contributed by atoms with E-state index in [1.807, 2.05) is 0 Å². The molecule has 0 saturated heterocycles. The molecule has 0 atom stereocenters. The van der Waals surface area contributed by atoms with Crippen LogP contribution in [-0.4, -0.2) is 24.0 Å². The van der Waals surface area contributed by atoms with Crippen molar-refractivity contribution in [2.45, 2.75) is 11.8 Å². The van der Waals surface area contributed by atoms with E-state index in [-0.39, 0.29) is 16.8 Å². The molecule has 0 unspecified atom stereocenters. The fourth-order valence-corrected chi connectivity index (χ4v) is 1.62. The van der Waals surface area contributed by atoms with E-state index in [0.29, 0.717) is 0 Å². The maximum absolute atomic E-state index is 10.8. The van der Waals surface area contributed by atoms with Gasteiger partial charge >= 0.3 is 5.97 Å². The third-order valence-corrected chi connectivity index (χ3v) is 2.78. The van der Waals surface area contributed by atoms with Gasteiger partial charge in [-0.15, -0.1) is 0 Å². The molecule has 0 aliphatic rings. The molecule has 1 aromatic rings. The third kappa shape index (κ3) is 2.25. The van der Waals surface area contributed by atoms with Crippen molar-refractivity contribution in [3.05, 3.63) is 23.3 Å². The highest BCUT2D eigenvalue weighted by Gasteiger charge is 2.17. The monoisotopic (exact) mass is 231 g/mol. The Hall–Kier alpha value is -1.60. The van der Waals surface area contributed by atoms with Crippen molar-refractivity contribution in [2.75, 3.05) is 5.73 Å². The van der Waals surface area contributed by atoms with Gasteiger partial charge in [0.25, 0.3) is 10.1 Å². The number of rotatable bonds is 2. The molecule has 0 bridgehead atoms. The first-order valence-corrected chi connectivity index (χ1v) is 5.28. The first-order valence-electron chi connectivity index (χ1n) is 3.84. The Kier molecular flexibility index (Phi) is 2.69. The summed E-state index contributed by atoms with van der Waals surface area (Å²) in [6, 6.07) is 1.88. The lowest BCUT2D eigenvalue weighted by molar-refractivity contribution is 0.0696. The minimum atomic E-state index is -4.44. The Morgan fingerprint density at radius 3 is 2.33 bits per heavy atom. The molecule has 0 saturated carbocycles. The summed E-state index contributed by atoms with van der Waals surface area (Å²) in [5.41, 5.74) is 5.43. The minimum Gasteiger partial charge on any atom is -0.478 e. The van der Waals surface area contributed by atoms with E-state index in [9.17, 15) is 13.2 Å². The predicted octanol–water partition coefficient (Wildman–Crippen LogP) is 0.522. The molecule has 6 nitrogen and oxygen atoms in total. The average Bonchev–Trinajstić information content (AvgIpc) is 2.06. The van der Waals surface area contributed by atoms with Gasteiger partial charge in [0.2, 0.25) is 0 Å². The second-order valence-corrected chi connectivity index (χ2v) is 4.39. The van der Waals surface area contributed by atoms with E-state index >= 15 is 0 Å². The molecule has 0 heterocycles. The number of nitrogen functional groups attached to an aromatic ring is 1. The second-order valence-electron chi connectivity index (χ2n) is 2.97. The van der Waals surface area contributed by atoms with Crippen molar-refractivity contribution in [3.8, 4) is 0 Å². The van der Waals surface area contributed by atoms with Crippen LogP contribution in [0.4, 0.5) is 5.69 Å². The summed E-state index contributed by atoms with van der Waals surface area (Å²) in [6.45, 7) is 1.45. The van der Waals surface area contributed by atoms with Gasteiger partial charge in [0.05, 0.1) is 10.5 Å². The van der Waals surface area contributed by atoms with Gasteiger partial charge in [-0.2, -0.15) is 8.42 Å². The summed E-state index contributed by atoms with van der Waals surface area (Å²) in [4.78, 5) is 10.2. The van der Waals surface area contributed by atoms with Crippen LogP contribution in [0.5, 0.6) is 0 Å². The molecule has 1 rings (SSSR count). The molecule has 15 heavy (non-hydrogen) atoms. The van der Waals surface area contributed by atoms with Gasteiger partial charge in [0, 0.05) is 5.69 Å². The molecule has 0 radical (unpaired) electrons. The van der Waals surface area contributed by atoms with Crippen molar-refractivity contribution in [2.24, 2.45) is 0 Å². The molecule has 7 heteroatoms. The van der Waals surface area contributed by atoms with E-state index in [0.717, 1.165) is 12.1 Å². The number of hydrogen-bond acceptors (Lipinski definition) is 4. The molecule has 82 valence electrons. The number of carbonyl (C=O) groups is 1. The van der Waals surface area contributed by atoms with Crippen LogP contribution >= 0.6 is 0 Å². The Labute approximate surface area is 86.1 Å². The number of benzene rings is 1. The Morgan fingerprint density at radius 2 is 1.93 bits per heavy atom. The van der Waals surface area contributed by atoms with E-state index in [1.165, 1.54) is 6.92 Å². The van der Waals surface area contributed by atoms with Crippen LogP contribution < -0.4 is 5.73 Å². The maximum Gasteiger partial charge on any atom is 0.336 e. The largest absolute Gasteiger partial charge is 0.478 e. The van der Waals surface area contributed by atoms with Crippen LogP contribution in [0.3, 0.4) is 0 Å². The number of carboxylic acids is 1. The highest BCUT2D eigenvalue weighted by atomic mass is 32.2. The molecule has 0 fully saturated rings. The van der Waals surface area contributed by atoms with Crippen LogP contribution in [0.1, 0.15) is 15.9 Å². The standard InChI is InChI=1S/C8H9NO5S/c1-4-6(8(10)11)2-5(3-7(4)9)15(12,13)14/h2-3H,9H2,1H3,(H,10,11)(H,12,13,14). The van der Waals surface area contributed by atoms with Crippen molar-refractivity contribution >= 4 is 21.8 Å². The third-order valence-electron chi connectivity index (χ3n) is 1.95. The highest BCUT2D eigenvalue weighted by molar-refractivity contribution is 7.85. The van der Waals surface area contributed by atoms with Crippen molar-refractivity contribution in [3.63, 3.8) is 0 Å². The number of hydrogen-bond donors (Lipinski definition) is 3. The molecule has 0 aliphatic carbocycles. The summed E-state index contributed by atoms with van der Waals surface area (Å²) in [5, 5.41) is 8.75. The van der Waals surface area contributed by atoms with Gasteiger partial charge < -0.3 is 10.8 Å². The molecule has 0 aromatic heterocycles. The molecular weight excluding hydrogens is 222 g/mol. The summed E-state index contributed by atoms with van der Waals surface area (Å²) >= 11 is 0. The van der Waals surface area contributed by atoms with Crippen molar-refractivity contribution in [1.29, 1.82) is 0 Å². The number of aromatic carboxylic acids is 1. The first-order chi connectivity index (χ1) is 6.73. The zero-order valence-corrected chi connectivity index (χ0v) is 8.58. The second kappa shape index (κ2) is 3.52. The van der Waals surface area contributed by atoms with Gasteiger partial charge in [-0.1, -0.05) is 0 Å². The van der Waals surface area contributed by atoms with Gasteiger partial charge in [-0.05, 0) is 24.6 Å². The topological polar surface area (TPSA) is 118 Å². The fourth-order valence-electron chi connectivity index (χ4n) is 1.08. The van der Waals surface area contributed by atoms with E-state index in [1.54, 1.807) is 0 Å². The fraction of sp³-hybridized carbons (Fsp3) is 0.125. The molecule has 0 aliphatic heterocycles. The Morgan fingerprint density at radius 1 is 1.40 bits per heavy atom. The molecule has 1 aromatic carbocycles. The minimum absolute atomic E-state index is 0.00234. The summed E-state index contributed by atoms with van der Waals surface area (Å²) in [5.74, 6) is -1.30. The molecular formula is C8H9NO5S. The van der Waals surface area contributed by atoms with Crippen LogP contribution in [-0.2, 0) is 10.1 Å². The van der Waals surface area contributed by atoms with E-state index in [4.69, 9.17) is 15.4 Å². The molecule has 4 N–H and O–H groups in total. The van der Waals surface area contributed by atoms with E-state index in [2.05, 4.69) is 0 Å². The van der Waals surface area contributed by atoms with Crippen LogP contribution in [0.15, 0.2) is 17.0 Å². The summed E-state index contributed by atoms with van der Waals surface area (Å²) in [7, 11) is -4.44. The van der Waals surface area contributed by atoms with Crippen LogP contribution in [0, 0.1) is 6.92 Å². The van der Waals surface area contributed by atoms with E-state index < -0.39 is 21.0 Å². The Balaban J connectivity index is 3.57. The first kappa shape index (κ1) is 11.5. The average molecular weight is 231 g/mol. The zero-order chi connectivity index (χ0) is 11.8. The lowest BCUT2D eigenvalue weighted by Crippen LogP contribution is -2.07. The number of anilines is 1. The molecule has 0 amide bonds. The zero-order valence-electron chi connectivity index (χ0n) is 7.76. The van der Waals surface area contributed by atoms with Gasteiger partial charge in [-0.3, -0.25) is 4.55 Å². The quantitative estimate of drug-likeness (QED) is 0.504. The normalized spacial score (nSPS) is 11.3. The van der Waals surface area contributed by atoms with Crippen molar-refractivity contribution in [1.82, 2.24) is 0 Å². The lowest BCUT2D eigenvalue weighted by atomic mass is 10.1. The Bertz CT molecular complexity index is 520. The van der Waals surface area contributed by atoms with Gasteiger partial charge in [0.1, 0.15) is 0 Å². The predicted molar refractivity (Wildman–Crippen MR) is 52.4 cm³/mol. The van der Waals surface area contributed by atoms with Crippen LogP contribution in [0.2, 0.25) is 0 Å². The molecule has 0 spiro atoms. The SMILES string of the molecule is Cc1c(N)cc(S(=O)(=O)O)cc1C(=O)O. The maximum atomic E-state index is 10.8. The van der Waals surface area contributed by atoms with Gasteiger partial charge in [0.15, 0.2) is 0 Å². The van der Waals surface area contributed by atoms with Crippen LogP contribution in [0.25, 0.3) is 0 Å². The van der Waals surface area contributed by atoms with Gasteiger partial charge in [-0.25, -0.2) is 4.79 Å². The summed E-state index contributed by atoms with van der Waals surface area (Å²) in [6.07, 6.45) is 0. The van der Waals surface area contributed by atoms with Crippen molar-refractivity contribution < 1.29 is 22.9 Å². The number of nitrogens with two attached hydrogens (primary N) is 1. The highest BCUT2D eigenvalue weighted by Crippen LogP contribution is 2.21. The summed E-state index contributed by atoms with van der Waals surface area (Å²) < 4.78 is 30.3. The number of carboxylic acid groups (broad SMARTS) is 1. The smallest absolute Gasteiger partial charge is 0.336 e.